The molecule has 0 bridgehead atoms. The molecule has 0 aliphatic carbocycles. The molecular formula is C22H27N3O4S. The predicted molar refractivity (Wildman–Crippen MR) is 115 cm³/mol. The molecule has 8 heteroatoms. The number of hydrogen-bond donors (Lipinski definition) is 1. The van der Waals surface area contributed by atoms with Crippen LogP contribution in [0.2, 0.25) is 0 Å². The Bertz CT molecular complexity index is 967. The molecule has 1 fully saturated rings. The van der Waals surface area contributed by atoms with Gasteiger partial charge in [0, 0.05) is 38.3 Å². The average Bonchev–Trinajstić information content (AvgIpc) is 2.77. The van der Waals surface area contributed by atoms with Crippen LogP contribution in [0.4, 0.5) is 4.79 Å². The van der Waals surface area contributed by atoms with Gasteiger partial charge in [-0.2, -0.15) is 4.31 Å². The van der Waals surface area contributed by atoms with Crippen molar-refractivity contribution in [2.45, 2.75) is 24.7 Å². The second kappa shape index (κ2) is 9.86. The van der Waals surface area contributed by atoms with E-state index in [0.717, 1.165) is 12.8 Å². The second-order valence-corrected chi connectivity index (χ2v) is 9.23. The molecule has 2 amide bonds. The molecule has 160 valence electrons. The number of nitrogens with zero attached hydrogens (tertiary/aromatic N) is 2. The SMILES string of the molecule is CC(=O)c1ccc(S(=O)(=O)N2CCN(C(=O)NCCCc3ccccc3)CC2)cc1. The maximum Gasteiger partial charge on any atom is 0.317 e. The zero-order valence-electron chi connectivity index (χ0n) is 17.1. The number of sulfonamides is 1. The van der Waals surface area contributed by atoms with Crippen molar-refractivity contribution in [3.8, 4) is 0 Å². The molecule has 0 atom stereocenters. The van der Waals surface area contributed by atoms with Crippen molar-refractivity contribution in [3.63, 3.8) is 0 Å². The molecule has 0 radical (unpaired) electrons. The van der Waals surface area contributed by atoms with E-state index in [1.807, 2.05) is 18.2 Å². The minimum atomic E-state index is -3.64. The number of aryl methyl sites for hydroxylation is 1. The quantitative estimate of drug-likeness (QED) is 0.541. The zero-order valence-corrected chi connectivity index (χ0v) is 17.9. The van der Waals surface area contributed by atoms with Crippen molar-refractivity contribution in [2.75, 3.05) is 32.7 Å². The summed E-state index contributed by atoms with van der Waals surface area (Å²) in [5.74, 6) is -0.109. The summed E-state index contributed by atoms with van der Waals surface area (Å²) >= 11 is 0. The van der Waals surface area contributed by atoms with Crippen LogP contribution in [0.5, 0.6) is 0 Å². The second-order valence-electron chi connectivity index (χ2n) is 7.29. The standard InChI is InChI=1S/C22H27N3O4S/c1-18(26)20-9-11-21(12-10-20)30(28,29)25-16-14-24(15-17-25)22(27)23-13-5-8-19-6-3-2-4-7-19/h2-4,6-7,9-12H,5,8,13-17H2,1H3,(H,23,27). The van der Waals surface area contributed by atoms with Gasteiger partial charge < -0.3 is 10.2 Å². The van der Waals surface area contributed by atoms with Crippen molar-refractivity contribution < 1.29 is 18.0 Å². The fraction of sp³-hybridized carbons (Fsp3) is 0.364. The smallest absolute Gasteiger partial charge is 0.317 e. The third-order valence-electron chi connectivity index (χ3n) is 5.19. The summed E-state index contributed by atoms with van der Waals surface area (Å²) in [5, 5.41) is 2.91. The molecule has 0 unspecified atom stereocenters. The number of nitrogens with one attached hydrogen (secondary N) is 1. The van der Waals surface area contributed by atoms with Crippen LogP contribution in [0.25, 0.3) is 0 Å². The third kappa shape index (κ3) is 5.46. The van der Waals surface area contributed by atoms with E-state index in [2.05, 4.69) is 17.4 Å². The average molecular weight is 430 g/mol. The first-order chi connectivity index (χ1) is 14.4. The van der Waals surface area contributed by atoms with E-state index < -0.39 is 10.0 Å². The van der Waals surface area contributed by atoms with Crippen LogP contribution in [0.3, 0.4) is 0 Å². The highest BCUT2D eigenvalue weighted by atomic mass is 32.2. The molecule has 1 heterocycles. The normalized spacial score (nSPS) is 15.0. The van der Waals surface area contributed by atoms with Gasteiger partial charge in [0.15, 0.2) is 5.78 Å². The van der Waals surface area contributed by atoms with Crippen LogP contribution >= 0.6 is 0 Å². The molecule has 30 heavy (non-hydrogen) atoms. The summed E-state index contributed by atoms with van der Waals surface area (Å²) < 4.78 is 27.0. The van der Waals surface area contributed by atoms with Gasteiger partial charge in [0.2, 0.25) is 10.0 Å². The number of rotatable bonds is 7. The summed E-state index contributed by atoms with van der Waals surface area (Å²) in [6, 6.07) is 15.9. The van der Waals surface area contributed by atoms with Crippen molar-refractivity contribution in [2.24, 2.45) is 0 Å². The Balaban J connectivity index is 1.46. The van der Waals surface area contributed by atoms with E-state index in [9.17, 15) is 18.0 Å². The summed E-state index contributed by atoms with van der Waals surface area (Å²) in [4.78, 5) is 25.5. The van der Waals surface area contributed by atoms with E-state index in [4.69, 9.17) is 0 Å². The van der Waals surface area contributed by atoms with Crippen molar-refractivity contribution >= 4 is 21.8 Å². The van der Waals surface area contributed by atoms with Gasteiger partial charge in [0.25, 0.3) is 0 Å². The van der Waals surface area contributed by atoms with Gasteiger partial charge >= 0.3 is 6.03 Å². The van der Waals surface area contributed by atoms with Crippen LogP contribution in [0.15, 0.2) is 59.5 Å². The highest BCUT2D eigenvalue weighted by Gasteiger charge is 2.30. The topological polar surface area (TPSA) is 86.8 Å². The van der Waals surface area contributed by atoms with Gasteiger partial charge in [-0.25, -0.2) is 13.2 Å². The largest absolute Gasteiger partial charge is 0.338 e. The molecule has 0 spiro atoms. The van der Waals surface area contributed by atoms with Crippen LogP contribution < -0.4 is 5.32 Å². The number of amides is 2. The zero-order chi connectivity index (χ0) is 21.6. The molecule has 2 aromatic rings. The lowest BCUT2D eigenvalue weighted by Crippen LogP contribution is -2.53. The number of carbonyl (C=O) groups is 2. The van der Waals surface area contributed by atoms with Gasteiger partial charge in [-0.3, -0.25) is 4.79 Å². The number of carbonyl (C=O) groups excluding carboxylic acids is 2. The number of benzene rings is 2. The minimum absolute atomic E-state index is 0.109. The van der Waals surface area contributed by atoms with E-state index in [-0.39, 0.29) is 29.8 Å². The summed E-state index contributed by atoms with van der Waals surface area (Å²) in [6.45, 7) is 3.19. The Hall–Kier alpha value is -2.71. The Labute approximate surface area is 177 Å². The van der Waals surface area contributed by atoms with Crippen LogP contribution in [0.1, 0.15) is 29.3 Å². The highest BCUT2D eigenvalue weighted by molar-refractivity contribution is 7.89. The number of Topliss-reactive ketones (excluding diaryl/α,β-unsaturated/α-hetero) is 1. The molecule has 2 aromatic carbocycles. The number of piperazine rings is 1. The molecule has 1 aliphatic rings. The van der Waals surface area contributed by atoms with Crippen molar-refractivity contribution in [1.82, 2.24) is 14.5 Å². The number of hydrogen-bond acceptors (Lipinski definition) is 4. The molecule has 7 nitrogen and oxygen atoms in total. The molecule has 3 rings (SSSR count). The molecular weight excluding hydrogens is 402 g/mol. The van der Waals surface area contributed by atoms with E-state index in [1.165, 1.54) is 41.1 Å². The van der Waals surface area contributed by atoms with Crippen molar-refractivity contribution in [1.29, 1.82) is 0 Å². The van der Waals surface area contributed by atoms with E-state index >= 15 is 0 Å². The molecule has 0 aromatic heterocycles. The van der Waals surface area contributed by atoms with E-state index in [1.54, 1.807) is 4.90 Å². The Morgan fingerprint density at radius 3 is 2.17 bits per heavy atom. The molecule has 0 saturated carbocycles. The fourth-order valence-corrected chi connectivity index (χ4v) is 4.81. The first-order valence-electron chi connectivity index (χ1n) is 10.1. The van der Waals surface area contributed by atoms with Gasteiger partial charge in [-0.05, 0) is 37.5 Å². The van der Waals surface area contributed by atoms with Gasteiger partial charge in [-0.15, -0.1) is 0 Å². The summed E-state index contributed by atoms with van der Waals surface area (Å²) in [6.07, 6.45) is 1.75. The summed E-state index contributed by atoms with van der Waals surface area (Å²) in [5.41, 5.74) is 1.71. The Morgan fingerprint density at radius 1 is 0.933 bits per heavy atom. The summed E-state index contributed by atoms with van der Waals surface area (Å²) in [7, 11) is -3.64. The lowest BCUT2D eigenvalue weighted by molar-refractivity contribution is 0.101. The van der Waals surface area contributed by atoms with Crippen LogP contribution in [-0.4, -0.2) is 62.2 Å². The maximum absolute atomic E-state index is 12.8. The lowest BCUT2D eigenvalue weighted by atomic mass is 10.1. The minimum Gasteiger partial charge on any atom is -0.338 e. The molecule has 1 saturated heterocycles. The number of ketones is 1. The Morgan fingerprint density at radius 2 is 1.57 bits per heavy atom. The lowest BCUT2D eigenvalue weighted by Gasteiger charge is -2.34. The van der Waals surface area contributed by atoms with Gasteiger partial charge in [-0.1, -0.05) is 42.5 Å². The van der Waals surface area contributed by atoms with Crippen molar-refractivity contribution in [3.05, 3.63) is 65.7 Å². The van der Waals surface area contributed by atoms with Crippen LogP contribution in [0, 0.1) is 0 Å². The fourth-order valence-electron chi connectivity index (χ4n) is 3.39. The number of urea groups is 1. The van der Waals surface area contributed by atoms with Crippen LogP contribution in [-0.2, 0) is 16.4 Å². The van der Waals surface area contributed by atoms with Gasteiger partial charge in [0.1, 0.15) is 0 Å². The highest BCUT2D eigenvalue weighted by Crippen LogP contribution is 2.18. The first-order valence-corrected chi connectivity index (χ1v) is 11.5. The molecule has 1 N–H and O–H groups in total. The predicted octanol–water partition coefficient (Wildman–Crippen LogP) is 2.54. The maximum atomic E-state index is 12.8. The van der Waals surface area contributed by atoms with E-state index in [0.29, 0.717) is 25.2 Å². The molecule has 1 aliphatic heterocycles. The Kier molecular flexibility index (Phi) is 7.23. The van der Waals surface area contributed by atoms with Gasteiger partial charge in [0.05, 0.1) is 4.90 Å². The monoisotopic (exact) mass is 429 g/mol. The third-order valence-corrected chi connectivity index (χ3v) is 7.10. The first kappa shape index (κ1) is 22.0.